The van der Waals surface area contributed by atoms with Crippen LogP contribution < -0.4 is 21.3 Å². The molecule has 1 aromatic carbocycles. The highest BCUT2D eigenvalue weighted by Crippen LogP contribution is 2.42. The molecule has 1 saturated heterocycles. The second kappa shape index (κ2) is 18.5. The molecule has 2 heterocycles. The van der Waals surface area contributed by atoms with Gasteiger partial charge in [0.15, 0.2) is 11.5 Å². The number of phenols is 2. The van der Waals surface area contributed by atoms with E-state index in [1.54, 1.807) is 6.92 Å². The van der Waals surface area contributed by atoms with Gasteiger partial charge in [-0.1, -0.05) is 19.0 Å². The van der Waals surface area contributed by atoms with Crippen LogP contribution in [-0.4, -0.2) is 105 Å². The van der Waals surface area contributed by atoms with E-state index in [2.05, 4.69) is 26.4 Å². The molecule has 0 unspecified atom stereocenters. The van der Waals surface area contributed by atoms with Crippen LogP contribution in [0.3, 0.4) is 0 Å². The molecule has 3 rings (SSSR count). The van der Waals surface area contributed by atoms with Gasteiger partial charge in [-0.15, -0.1) is 0 Å². The van der Waals surface area contributed by atoms with E-state index in [4.69, 9.17) is 14.7 Å². The maximum atomic E-state index is 13.5. The molecule has 1 atom stereocenters. The molecule has 50 heavy (non-hydrogen) atoms. The van der Waals surface area contributed by atoms with Crippen LogP contribution >= 0.6 is 0 Å². The highest BCUT2D eigenvalue weighted by atomic mass is 16.5. The van der Waals surface area contributed by atoms with Gasteiger partial charge in [0.05, 0.1) is 5.56 Å². The predicted molar refractivity (Wildman–Crippen MR) is 178 cm³/mol. The van der Waals surface area contributed by atoms with Crippen LogP contribution in [0.2, 0.25) is 0 Å². The Morgan fingerprint density at radius 2 is 1.64 bits per heavy atom. The smallest absolute Gasteiger partial charge is 0.303 e. The minimum absolute atomic E-state index is 0.00628. The number of amides is 4. The van der Waals surface area contributed by atoms with E-state index in [-0.39, 0.29) is 84.7 Å². The van der Waals surface area contributed by atoms with Gasteiger partial charge in [-0.05, 0) is 63.2 Å². The molecule has 1 aliphatic rings. The standard InChI is InChI=1S/C33H46N6O11/c1-4-34-33(49)29-28(30(50-38-29)21-16-20(18(2)3)23(40)17-24(21)41)37-31(47)19-10-13-39(14-11-19)15-12-35-32(48)22(8-9-27(45)46)36-25(42)6-5-7-26(43)44/h16-19,22,40-41H,4-15H2,1-3H3,(H,34,49)(H,35,48)(H,36,42)(H,37,47)(H,43,44)(H,45,46)/t22-/m1/s1. The molecule has 0 aliphatic carbocycles. The minimum Gasteiger partial charge on any atom is -0.508 e. The summed E-state index contributed by atoms with van der Waals surface area (Å²) in [6.07, 6.45) is 0.181. The van der Waals surface area contributed by atoms with Crippen molar-refractivity contribution >= 4 is 41.3 Å². The van der Waals surface area contributed by atoms with Crippen molar-refractivity contribution in [3.63, 3.8) is 0 Å². The largest absolute Gasteiger partial charge is 0.508 e. The first kappa shape index (κ1) is 39.3. The summed E-state index contributed by atoms with van der Waals surface area (Å²) in [6, 6.07) is 1.60. The van der Waals surface area contributed by atoms with Crippen molar-refractivity contribution in [1.29, 1.82) is 0 Å². The molecule has 0 radical (unpaired) electrons. The monoisotopic (exact) mass is 702 g/mol. The Morgan fingerprint density at radius 3 is 2.26 bits per heavy atom. The van der Waals surface area contributed by atoms with Crippen LogP contribution in [0.1, 0.15) is 87.7 Å². The van der Waals surface area contributed by atoms with E-state index in [0.29, 0.717) is 44.6 Å². The number of aliphatic carboxylic acids is 2. The number of carboxylic acids is 2. The van der Waals surface area contributed by atoms with Crippen LogP contribution in [0.25, 0.3) is 11.3 Å². The average Bonchev–Trinajstić information content (AvgIpc) is 3.46. The number of likely N-dealkylation sites (tertiary alicyclic amines) is 1. The zero-order chi connectivity index (χ0) is 37.0. The first-order chi connectivity index (χ1) is 23.7. The third-order valence-electron chi connectivity index (χ3n) is 8.28. The summed E-state index contributed by atoms with van der Waals surface area (Å²) in [4.78, 5) is 75.1. The summed E-state index contributed by atoms with van der Waals surface area (Å²) in [5, 5.41) is 53.3. The van der Waals surface area contributed by atoms with Crippen molar-refractivity contribution in [1.82, 2.24) is 26.0 Å². The molecule has 0 spiro atoms. The highest BCUT2D eigenvalue weighted by molar-refractivity contribution is 6.06. The SMILES string of the molecule is CCNC(=O)c1noc(-c2cc(C(C)C)c(O)cc2O)c1NC(=O)C1CCN(CCNC(=O)[C@@H](CCC(=O)O)NC(=O)CCCC(=O)O)CC1. The van der Waals surface area contributed by atoms with Crippen LogP contribution in [0, 0.1) is 5.92 Å². The number of phenolic OH excluding ortho intramolecular Hbond substituents is 2. The predicted octanol–water partition coefficient (Wildman–Crippen LogP) is 2.00. The molecule has 17 nitrogen and oxygen atoms in total. The number of nitrogens with zero attached hydrogens (tertiary/aromatic N) is 2. The van der Waals surface area contributed by atoms with Gasteiger partial charge in [-0.2, -0.15) is 0 Å². The van der Waals surface area contributed by atoms with Gasteiger partial charge < -0.3 is 51.1 Å². The fourth-order valence-electron chi connectivity index (χ4n) is 5.54. The van der Waals surface area contributed by atoms with E-state index in [1.165, 1.54) is 12.1 Å². The van der Waals surface area contributed by atoms with E-state index in [1.807, 2.05) is 18.7 Å². The molecule has 0 saturated carbocycles. The highest BCUT2D eigenvalue weighted by Gasteiger charge is 2.31. The summed E-state index contributed by atoms with van der Waals surface area (Å²) in [7, 11) is 0. The lowest BCUT2D eigenvalue weighted by molar-refractivity contribution is -0.139. The lowest BCUT2D eigenvalue weighted by atomic mass is 9.95. The third-order valence-corrected chi connectivity index (χ3v) is 8.28. The summed E-state index contributed by atoms with van der Waals surface area (Å²) >= 11 is 0. The molecule has 274 valence electrons. The third kappa shape index (κ3) is 11.2. The van der Waals surface area contributed by atoms with Crippen LogP contribution in [-0.2, 0) is 24.0 Å². The molecule has 1 aliphatic heterocycles. The van der Waals surface area contributed by atoms with Crippen molar-refractivity contribution in [2.24, 2.45) is 5.92 Å². The number of aromatic nitrogens is 1. The molecule has 1 fully saturated rings. The Kier molecular flexibility index (Phi) is 14.6. The second-order valence-corrected chi connectivity index (χ2v) is 12.4. The Bertz CT molecular complexity index is 1550. The van der Waals surface area contributed by atoms with Crippen molar-refractivity contribution in [3.8, 4) is 22.8 Å². The Morgan fingerprint density at radius 1 is 0.960 bits per heavy atom. The summed E-state index contributed by atoms with van der Waals surface area (Å²) in [5.41, 5.74) is 0.487. The zero-order valence-corrected chi connectivity index (χ0v) is 28.4. The first-order valence-electron chi connectivity index (χ1n) is 16.6. The van der Waals surface area contributed by atoms with Crippen molar-refractivity contribution in [2.45, 2.75) is 77.7 Å². The molecule has 17 heteroatoms. The summed E-state index contributed by atoms with van der Waals surface area (Å²) in [6.45, 7) is 7.36. The quantitative estimate of drug-likeness (QED) is 0.111. The number of rotatable bonds is 18. The Labute approximate surface area is 288 Å². The molecule has 1 aromatic heterocycles. The maximum absolute atomic E-state index is 13.5. The fourth-order valence-corrected chi connectivity index (χ4v) is 5.54. The zero-order valence-electron chi connectivity index (χ0n) is 28.4. The van der Waals surface area contributed by atoms with Crippen molar-refractivity contribution in [2.75, 3.05) is 38.0 Å². The Hall–Kier alpha value is -5.19. The van der Waals surface area contributed by atoms with Crippen molar-refractivity contribution in [3.05, 3.63) is 23.4 Å². The van der Waals surface area contributed by atoms with Crippen LogP contribution in [0.15, 0.2) is 16.7 Å². The molecule has 4 amide bonds. The number of nitrogens with one attached hydrogen (secondary N) is 4. The van der Waals surface area contributed by atoms with Crippen molar-refractivity contribution < 1.29 is 53.7 Å². The number of piperidine rings is 1. The lowest BCUT2D eigenvalue weighted by Gasteiger charge is -2.31. The summed E-state index contributed by atoms with van der Waals surface area (Å²) in [5.74, 6) is -5.28. The maximum Gasteiger partial charge on any atom is 0.303 e. The summed E-state index contributed by atoms with van der Waals surface area (Å²) < 4.78 is 5.48. The average molecular weight is 703 g/mol. The number of hydrogen-bond acceptors (Lipinski definition) is 11. The topological polar surface area (TPSA) is 261 Å². The van der Waals surface area contributed by atoms with Gasteiger partial charge in [0, 0.05) is 50.9 Å². The molecule has 2 aromatic rings. The second-order valence-electron chi connectivity index (χ2n) is 12.4. The minimum atomic E-state index is -1.13. The van der Waals surface area contributed by atoms with E-state index < -0.39 is 41.6 Å². The van der Waals surface area contributed by atoms with E-state index >= 15 is 0 Å². The number of carboxylic acid groups (broad SMARTS) is 2. The van der Waals surface area contributed by atoms with Gasteiger partial charge in [-0.25, -0.2) is 0 Å². The number of aromatic hydroxyl groups is 2. The number of carbonyl (C=O) groups excluding carboxylic acids is 4. The van der Waals surface area contributed by atoms with Gasteiger partial charge >= 0.3 is 11.9 Å². The van der Waals surface area contributed by atoms with Crippen LogP contribution in [0.5, 0.6) is 11.5 Å². The first-order valence-corrected chi connectivity index (χ1v) is 16.6. The number of benzene rings is 1. The van der Waals surface area contributed by atoms with E-state index in [0.717, 1.165) is 0 Å². The van der Waals surface area contributed by atoms with E-state index in [9.17, 15) is 39.0 Å². The lowest BCUT2D eigenvalue weighted by Crippen LogP contribution is -2.49. The molecular weight excluding hydrogens is 656 g/mol. The van der Waals surface area contributed by atoms with Gasteiger partial charge in [0.25, 0.3) is 5.91 Å². The van der Waals surface area contributed by atoms with Gasteiger partial charge in [0.2, 0.25) is 17.7 Å². The normalized spacial score (nSPS) is 14.2. The van der Waals surface area contributed by atoms with Crippen LogP contribution in [0.4, 0.5) is 5.69 Å². The Balaban J connectivity index is 1.60. The molecule has 0 bridgehead atoms. The number of carbonyl (C=O) groups is 6. The van der Waals surface area contributed by atoms with Gasteiger partial charge in [-0.3, -0.25) is 28.8 Å². The number of anilines is 1. The molecular formula is C33H46N6O11. The van der Waals surface area contributed by atoms with Gasteiger partial charge in [0.1, 0.15) is 23.2 Å². The fraction of sp³-hybridized carbons (Fsp3) is 0.545. The molecule has 8 N–H and O–H groups in total. The number of hydrogen-bond donors (Lipinski definition) is 8.